The highest BCUT2D eigenvalue weighted by Crippen LogP contribution is 2.24. The van der Waals surface area contributed by atoms with Crippen molar-refractivity contribution >= 4 is 20.7 Å². The number of pyridine rings is 1. The monoisotopic (exact) mass is 357 g/mol. The molecule has 0 aliphatic heterocycles. The van der Waals surface area contributed by atoms with Crippen LogP contribution in [-0.4, -0.2) is 19.8 Å². The third kappa shape index (κ3) is 3.44. The number of hydrogen-bond donors (Lipinski definition) is 0. The highest BCUT2D eigenvalue weighted by atomic mass is 32.2. The average Bonchev–Trinajstić information content (AvgIpc) is 2.64. The van der Waals surface area contributed by atoms with Crippen molar-refractivity contribution in [3.05, 3.63) is 71.0 Å². The number of rotatable bonds is 6. The van der Waals surface area contributed by atoms with Crippen LogP contribution < -0.4 is 10.4 Å². The zero-order chi connectivity index (χ0) is 17.9. The Kier molecular flexibility index (Phi) is 4.90. The summed E-state index contributed by atoms with van der Waals surface area (Å²) in [4.78, 5) is 18.0. The molecule has 1 heterocycles. The van der Waals surface area contributed by atoms with E-state index in [4.69, 9.17) is 4.84 Å². The molecule has 0 radical (unpaired) electrons. The summed E-state index contributed by atoms with van der Waals surface area (Å²) in [6.07, 6.45) is 1.79. The van der Waals surface area contributed by atoms with Gasteiger partial charge in [-0.05, 0) is 42.8 Å². The van der Waals surface area contributed by atoms with Gasteiger partial charge in [-0.2, -0.15) is 0 Å². The van der Waals surface area contributed by atoms with Crippen molar-refractivity contribution in [2.75, 3.05) is 6.61 Å². The smallest absolute Gasteiger partial charge is 0.283 e. The molecule has 2 aromatic carbocycles. The van der Waals surface area contributed by atoms with E-state index in [2.05, 4.69) is 0 Å². The van der Waals surface area contributed by atoms with Crippen LogP contribution in [0.25, 0.3) is 10.9 Å². The molecule has 0 aliphatic rings. The molecule has 3 aromatic rings. The molecule has 0 saturated carbocycles. The second-order valence-corrected chi connectivity index (χ2v) is 7.64. The molecule has 130 valence electrons. The van der Waals surface area contributed by atoms with Crippen LogP contribution in [0.1, 0.15) is 19.8 Å². The molecule has 0 bridgehead atoms. The summed E-state index contributed by atoms with van der Waals surface area (Å²) < 4.78 is 26.7. The molecule has 0 aliphatic carbocycles. The summed E-state index contributed by atoms with van der Waals surface area (Å²) in [7, 11) is -3.60. The Morgan fingerprint density at radius 2 is 1.72 bits per heavy atom. The molecule has 1 aromatic heterocycles. The third-order valence-electron chi connectivity index (χ3n) is 3.91. The average molecular weight is 357 g/mol. The lowest BCUT2D eigenvalue weighted by Gasteiger charge is -2.12. The lowest BCUT2D eigenvalue weighted by Crippen LogP contribution is -2.27. The fourth-order valence-electron chi connectivity index (χ4n) is 2.53. The van der Waals surface area contributed by atoms with E-state index in [0.717, 1.165) is 12.8 Å². The van der Waals surface area contributed by atoms with E-state index in [-0.39, 0.29) is 15.4 Å². The fraction of sp³-hybridized carbons (Fsp3) is 0.211. The summed E-state index contributed by atoms with van der Waals surface area (Å²) >= 11 is 0. The molecule has 0 atom stereocenters. The highest BCUT2D eigenvalue weighted by molar-refractivity contribution is 7.91. The van der Waals surface area contributed by atoms with Crippen molar-refractivity contribution in [2.45, 2.75) is 29.6 Å². The van der Waals surface area contributed by atoms with Gasteiger partial charge in [-0.1, -0.05) is 31.5 Å². The van der Waals surface area contributed by atoms with Gasteiger partial charge in [-0.15, -0.1) is 4.73 Å². The number of sulfone groups is 1. The lowest BCUT2D eigenvalue weighted by atomic mass is 10.2. The lowest BCUT2D eigenvalue weighted by molar-refractivity contribution is 0.109. The van der Waals surface area contributed by atoms with Crippen LogP contribution in [0.5, 0.6) is 0 Å². The Balaban J connectivity index is 2.07. The van der Waals surface area contributed by atoms with Gasteiger partial charge < -0.3 is 4.84 Å². The first-order valence-corrected chi connectivity index (χ1v) is 9.61. The quantitative estimate of drug-likeness (QED) is 0.636. The Morgan fingerprint density at radius 1 is 0.960 bits per heavy atom. The molecular weight excluding hydrogens is 338 g/mol. The fourth-order valence-corrected chi connectivity index (χ4v) is 3.85. The molecule has 3 rings (SSSR count). The number of unbranched alkanes of at least 4 members (excludes halogenated alkanes) is 1. The zero-order valence-corrected chi connectivity index (χ0v) is 14.7. The van der Waals surface area contributed by atoms with Crippen LogP contribution in [0.3, 0.4) is 0 Å². The van der Waals surface area contributed by atoms with Crippen LogP contribution >= 0.6 is 0 Å². The Labute approximate surface area is 146 Å². The van der Waals surface area contributed by atoms with Crippen molar-refractivity contribution in [1.29, 1.82) is 0 Å². The van der Waals surface area contributed by atoms with E-state index < -0.39 is 9.84 Å². The summed E-state index contributed by atoms with van der Waals surface area (Å²) in [5, 5.41) is 0.633. The van der Waals surface area contributed by atoms with E-state index >= 15 is 0 Å². The Hall–Kier alpha value is -2.60. The van der Waals surface area contributed by atoms with Gasteiger partial charge in [0, 0.05) is 11.5 Å². The maximum absolute atomic E-state index is 12.7. The number of hydrogen-bond acceptors (Lipinski definition) is 4. The molecule has 5 nitrogen and oxygen atoms in total. The SMILES string of the molecule is CCCCOn1c(=O)ccc2cc(S(=O)(=O)c3ccccc3)ccc21. The molecule has 0 fully saturated rings. The molecule has 0 N–H and O–H groups in total. The first-order valence-electron chi connectivity index (χ1n) is 8.13. The standard InChI is InChI=1S/C19H19NO4S/c1-2-3-13-24-20-18-11-10-17(14-15(18)9-12-19(20)21)25(22,23)16-7-5-4-6-8-16/h4-12,14H,2-3,13H2,1H3. The van der Waals surface area contributed by atoms with Gasteiger partial charge in [0.25, 0.3) is 5.56 Å². The zero-order valence-electron chi connectivity index (χ0n) is 13.9. The van der Waals surface area contributed by atoms with Gasteiger partial charge in [0.1, 0.15) is 6.61 Å². The van der Waals surface area contributed by atoms with Crippen molar-refractivity contribution in [2.24, 2.45) is 0 Å². The summed E-state index contributed by atoms with van der Waals surface area (Å²) in [6.45, 7) is 2.47. The molecule has 0 spiro atoms. The minimum Gasteiger partial charge on any atom is -0.410 e. The minimum atomic E-state index is -3.60. The van der Waals surface area contributed by atoms with Gasteiger partial charge in [0.15, 0.2) is 0 Å². The molecule has 0 amide bonds. The van der Waals surface area contributed by atoms with Gasteiger partial charge in [0.2, 0.25) is 9.84 Å². The second-order valence-electron chi connectivity index (χ2n) is 5.69. The van der Waals surface area contributed by atoms with Gasteiger partial charge in [-0.25, -0.2) is 8.42 Å². The number of fused-ring (bicyclic) bond motifs is 1. The number of aromatic nitrogens is 1. The molecule has 0 unspecified atom stereocenters. The second kappa shape index (κ2) is 7.11. The molecule has 6 heteroatoms. The highest BCUT2D eigenvalue weighted by Gasteiger charge is 2.18. The van der Waals surface area contributed by atoms with Crippen LogP contribution in [0.15, 0.2) is 75.2 Å². The van der Waals surface area contributed by atoms with E-state index in [1.807, 2.05) is 6.92 Å². The molecular formula is C19H19NO4S. The van der Waals surface area contributed by atoms with Crippen molar-refractivity contribution in [3.63, 3.8) is 0 Å². The largest absolute Gasteiger partial charge is 0.410 e. The van der Waals surface area contributed by atoms with Crippen LogP contribution in [-0.2, 0) is 9.84 Å². The van der Waals surface area contributed by atoms with E-state index in [1.165, 1.54) is 16.9 Å². The van der Waals surface area contributed by atoms with Crippen molar-refractivity contribution in [3.8, 4) is 0 Å². The maximum Gasteiger partial charge on any atom is 0.283 e. The maximum atomic E-state index is 12.7. The first kappa shape index (κ1) is 17.2. The summed E-state index contributed by atoms with van der Waals surface area (Å²) in [5.41, 5.74) is 0.276. The summed E-state index contributed by atoms with van der Waals surface area (Å²) in [6, 6.07) is 15.9. The van der Waals surface area contributed by atoms with Gasteiger partial charge in [0.05, 0.1) is 15.3 Å². The third-order valence-corrected chi connectivity index (χ3v) is 5.67. The Bertz CT molecular complexity index is 1040. The first-order chi connectivity index (χ1) is 12.0. The molecule has 0 saturated heterocycles. The summed E-state index contributed by atoms with van der Waals surface area (Å²) in [5.74, 6) is 0. The van der Waals surface area contributed by atoms with Crippen molar-refractivity contribution in [1.82, 2.24) is 4.73 Å². The van der Waals surface area contributed by atoms with E-state index in [9.17, 15) is 13.2 Å². The predicted octanol–water partition coefficient (Wildman–Crippen LogP) is 3.06. The van der Waals surface area contributed by atoms with Crippen LogP contribution in [0, 0.1) is 0 Å². The normalized spacial score (nSPS) is 11.6. The van der Waals surface area contributed by atoms with Gasteiger partial charge in [-0.3, -0.25) is 4.79 Å². The van der Waals surface area contributed by atoms with E-state index in [1.54, 1.807) is 48.5 Å². The minimum absolute atomic E-state index is 0.185. The van der Waals surface area contributed by atoms with Gasteiger partial charge >= 0.3 is 0 Å². The topological polar surface area (TPSA) is 65.4 Å². The molecule has 25 heavy (non-hydrogen) atoms. The number of nitrogens with zero attached hydrogens (tertiary/aromatic N) is 1. The van der Waals surface area contributed by atoms with E-state index in [0.29, 0.717) is 17.5 Å². The predicted molar refractivity (Wildman–Crippen MR) is 96.5 cm³/mol. The van der Waals surface area contributed by atoms with Crippen molar-refractivity contribution < 1.29 is 13.3 Å². The Morgan fingerprint density at radius 3 is 2.44 bits per heavy atom. The van der Waals surface area contributed by atoms with Crippen LogP contribution in [0.4, 0.5) is 0 Å². The number of benzene rings is 2. The van der Waals surface area contributed by atoms with Crippen LogP contribution in [0.2, 0.25) is 0 Å².